The van der Waals surface area contributed by atoms with E-state index in [0.717, 1.165) is 5.39 Å². The van der Waals surface area contributed by atoms with E-state index in [1.54, 1.807) is 6.07 Å². The molecule has 2 aromatic heterocycles. The average molecular weight is 428 g/mol. The molecular formula is C20H14ClN3O4S. The normalized spacial score (nSPS) is 11.5. The molecule has 146 valence electrons. The fourth-order valence-corrected chi connectivity index (χ4v) is 4.13. The molecule has 0 bridgehead atoms. The number of rotatable bonds is 4. The average Bonchev–Trinajstić information content (AvgIpc) is 2.72. The first kappa shape index (κ1) is 19.1. The number of aromatic nitrogens is 2. The summed E-state index contributed by atoms with van der Waals surface area (Å²) in [5, 5.41) is 1.56. The lowest BCUT2D eigenvalue weighted by atomic mass is 10.1. The van der Waals surface area contributed by atoms with Crippen LogP contribution in [0.25, 0.3) is 21.9 Å². The van der Waals surface area contributed by atoms with E-state index in [2.05, 4.69) is 14.7 Å². The summed E-state index contributed by atoms with van der Waals surface area (Å²) in [5.74, 6) is -0.721. The van der Waals surface area contributed by atoms with Gasteiger partial charge in [-0.1, -0.05) is 29.8 Å². The third-order valence-electron chi connectivity index (χ3n) is 4.32. The van der Waals surface area contributed by atoms with Crippen molar-refractivity contribution in [1.29, 1.82) is 0 Å². The molecule has 0 aliphatic carbocycles. The minimum Gasteiger partial charge on any atom is -0.465 e. The van der Waals surface area contributed by atoms with Gasteiger partial charge in [0, 0.05) is 22.0 Å². The lowest BCUT2D eigenvalue weighted by Gasteiger charge is -2.14. The zero-order valence-electron chi connectivity index (χ0n) is 15.1. The number of nitrogens with one attached hydrogen (secondary N) is 1. The molecule has 4 rings (SSSR count). The molecule has 2 aromatic carbocycles. The molecule has 0 aliphatic rings. The second-order valence-electron chi connectivity index (χ2n) is 6.15. The number of halogens is 1. The molecule has 0 fully saturated rings. The van der Waals surface area contributed by atoms with Crippen molar-refractivity contribution in [3.63, 3.8) is 0 Å². The highest BCUT2D eigenvalue weighted by molar-refractivity contribution is 7.92. The van der Waals surface area contributed by atoms with Crippen LogP contribution in [0.4, 0.5) is 5.69 Å². The summed E-state index contributed by atoms with van der Waals surface area (Å²) >= 11 is 5.85. The van der Waals surface area contributed by atoms with Gasteiger partial charge >= 0.3 is 5.97 Å². The van der Waals surface area contributed by atoms with Crippen molar-refractivity contribution in [2.24, 2.45) is 0 Å². The number of pyridine rings is 2. The van der Waals surface area contributed by atoms with Crippen molar-refractivity contribution in [2.45, 2.75) is 4.90 Å². The zero-order chi connectivity index (χ0) is 20.6. The van der Waals surface area contributed by atoms with Crippen LogP contribution in [0.5, 0.6) is 0 Å². The monoisotopic (exact) mass is 427 g/mol. The van der Waals surface area contributed by atoms with Crippen molar-refractivity contribution >= 4 is 55.2 Å². The molecule has 0 atom stereocenters. The highest BCUT2D eigenvalue weighted by atomic mass is 35.5. The first-order valence-corrected chi connectivity index (χ1v) is 10.3. The number of sulfonamides is 1. The highest BCUT2D eigenvalue weighted by Crippen LogP contribution is 2.30. The Labute approximate surface area is 171 Å². The first-order valence-electron chi connectivity index (χ1n) is 8.44. The molecule has 0 saturated heterocycles. The van der Waals surface area contributed by atoms with Crippen LogP contribution in [-0.4, -0.2) is 31.5 Å². The largest absolute Gasteiger partial charge is 0.465 e. The number of benzene rings is 2. The number of ether oxygens (including phenoxy) is 1. The van der Waals surface area contributed by atoms with Gasteiger partial charge in [-0.3, -0.25) is 4.72 Å². The van der Waals surface area contributed by atoms with Crippen LogP contribution in [0.2, 0.25) is 5.02 Å². The number of anilines is 1. The minimum atomic E-state index is -4.01. The molecule has 2 heterocycles. The Kier molecular flexibility index (Phi) is 4.81. The topological polar surface area (TPSA) is 98.2 Å². The van der Waals surface area contributed by atoms with Gasteiger partial charge in [0.25, 0.3) is 10.0 Å². The Bertz CT molecular complexity index is 1360. The molecular weight excluding hydrogens is 414 g/mol. The lowest BCUT2D eigenvalue weighted by Crippen LogP contribution is -2.17. The van der Waals surface area contributed by atoms with Crippen LogP contribution >= 0.6 is 11.6 Å². The van der Waals surface area contributed by atoms with E-state index >= 15 is 0 Å². The summed E-state index contributed by atoms with van der Waals surface area (Å²) in [5.41, 5.74) is 1.03. The molecule has 1 N–H and O–H groups in total. The van der Waals surface area contributed by atoms with Crippen LogP contribution in [0, 0.1) is 0 Å². The van der Waals surface area contributed by atoms with E-state index in [-0.39, 0.29) is 16.1 Å². The zero-order valence-corrected chi connectivity index (χ0v) is 16.7. The summed E-state index contributed by atoms with van der Waals surface area (Å²) in [6.07, 6.45) is 1.25. The SMILES string of the molecule is COC(=O)c1cnc2nc3ccccc3cc2c1NS(=O)(=O)c1ccc(Cl)cc1. The van der Waals surface area contributed by atoms with Crippen LogP contribution < -0.4 is 4.72 Å². The molecule has 0 unspecified atom stereocenters. The second-order valence-corrected chi connectivity index (χ2v) is 8.27. The van der Waals surface area contributed by atoms with Gasteiger partial charge in [0.05, 0.1) is 23.2 Å². The molecule has 0 saturated carbocycles. The maximum absolute atomic E-state index is 12.9. The smallest absolute Gasteiger partial charge is 0.341 e. The molecule has 0 amide bonds. The summed E-state index contributed by atoms with van der Waals surface area (Å²) < 4.78 is 33.2. The predicted octanol–water partition coefficient (Wildman–Crippen LogP) is 4.02. The highest BCUT2D eigenvalue weighted by Gasteiger charge is 2.23. The maximum atomic E-state index is 12.9. The summed E-state index contributed by atoms with van der Waals surface area (Å²) in [7, 11) is -2.80. The number of fused-ring (bicyclic) bond motifs is 2. The molecule has 9 heteroatoms. The van der Waals surface area contributed by atoms with E-state index < -0.39 is 16.0 Å². The molecule has 0 spiro atoms. The number of nitrogens with zero attached hydrogens (tertiary/aromatic N) is 2. The Morgan fingerprint density at radius 2 is 1.83 bits per heavy atom. The molecule has 7 nitrogen and oxygen atoms in total. The molecule has 4 aromatic rings. The van der Waals surface area contributed by atoms with Crippen LogP contribution in [0.1, 0.15) is 10.4 Å². The van der Waals surface area contributed by atoms with Gasteiger partial charge in [0.1, 0.15) is 5.56 Å². The number of hydrogen-bond donors (Lipinski definition) is 1. The van der Waals surface area contributed by atoms with Crippen molar-refractivity contribution in [3.05, 3.63) is 71.4 Å². The first-order chi connectivity index (χ1) is 13.9. The Balaban J connectivity index is 1.95. The van der Waals surface area contributed by atoms with Crippen LogP contribution in [0.3, 0.4) is 0 Å². The Morgan fingerprint density at radius 1 is 1.10 bits per heavy atom. The second kappa shape index (κ2) is 7.31. The predicted molar refractivity (Wildman–Crippen MR) is 111 cm³/mol. The van der Waals surface area contributed by atoms with Gasteiger partial charge < -0.3 is 4.74 Å². The fourth-order valence-electron chi connectivity index (χ4n) is 2.91. The van der Waals surface area contributed by atoms with Crippen molar-refractivity contribution in [3.8, 4) is 0 Å². The van der Waals surface area contributed by atoms with E-state index in [9.17, 15) is 13.2 Å². The third-order valence-corrected chi connectivity index (χ3v) is 5.94. The van der Waals surface area contributed by atoms with E-state index in [1.807, 2.05) is 24.3 Å². The van der Waals surface area contributed by atoms with Gasteiger partial charge in [-0.05, 0) is 36.4 Å². The quantitative estimate of drug-likeness (QED) is 0.390. The standard InChI is InChI=1S/C20H14ClN3O4S/c1-28-20(25)16-11-22-19-15(10-12-4-2-3-5-17(12)23-19)18(16)24-29(26,27)14-8-6-13(21)7-9-14/h2-11H,1H3,(H,22,23,24). The summed E-state index contributed by atoms with van der Waals surface area (Å²) in [4.78, 5) is 20.9. The van der Waals surface area contributed by atoms with E-state index in [1.165, 1.54) is 37.6 Å². The van der Waals surface area contributed by atoms with Crippen molar-refractivity contribution in [2.75, 3.05) is 11.8 Å². The summed E-state index contributed by atoms with van der Waals surface area (Å²) in [6.45, 7) is 0. The number of hydrogen-bond acceptors (Lipinski definition) is 6. The van der Waals surface area contributed by atoms with Gasteiger partial charge in [-0.15, -0.1) is 0 Å². The fraction of sp³-hybridized carbons (Fsp3) is 0.0500. The van der Waals surface area contributed by atoms with Crippen LogP contribution in [0.15, 0.2) is 65.7 Å². The van der Waals surface area contributed by atoms with E-state index in [4.69, 9.17) is 16.3 Å². The maximum Gasteiger partial charge on any atom is 0.341 e. The number of carbonyl (C=O) groups excluding carboxylic acids is 1. The van der Waals surface area contributed by atoms with Crippen LogP contribution in [-0.2, 0) is 14.8 Å². The molecule has 29 heavy (non-hydrogen) atoms. The van der Waals surface area contributed by atoms with Gasteiger partial charge in [-0.2, -0.15) is 0 Å². The summed E-state index contributed by atoms with van der Waals surface area (Å²) in [6, 6.07) is 14.8. The Morgan fingerprint density at radius 3 is 2.55 bits per heavy atom. The number of para-hydroxylation sites is 1. The van der Waals surface area contributed by atoms with E-state index in [0.29, 0.717) is 21.6 Å². The van der Waals surface area contributed by atoms with Crippen molar-refractivity contribution in [1.82, 2.24) is 9.97 Å². The molecule has 0 aliphatic heterocycles. The van der Waals surface area contributed by atoms with Gasteiger partial charge in [0.2, 0.25) is 0 Å². The molecule has 0 radical (unpaired) electrons. The number of esters is 1. The van der Waals surface area contributed by atoms with Gasteiger partial charge in [-0.25, -0.2) is 23.2 Å². The Hall–Kier alpha value is -3.23. The lowest BCUT2D eigenvalue weighted by molar-refractivity contribution is 0.0601. The minimum absolute atomic E-state index is 0.00331. The number of methoxy groups -OCH3 is 1. The third kappa shape index (κ3) is 3.59. The number of carbonyl (C=O) groups is 1. The van der Waals surface area contributed by atoms with Crippen molar-refractivity contribution < 1.29 is 17.9 Å². The van der Waals surface area contributed by atoms with Gasteiger partial charge in [0.15, 0.2) is 5.65 Å².